The number of benzene rings is 1. The van der Waals surface area contributed by atoms with Gasteiger partial charge in [-0.1, -0.05) is 30.3 Å². The van der Waals surface area contributed by atoms with E-state index in [4.69, 9.17) is 5.26 Å². The molecular formula is C17H14N6O. The predicted molar refractivity (Wildman–Crippen MR) is 86.8 cm³/mol. The van der Waals surface area contributed by atoms with Gasteiger partial charge in [-0.05, 0) is 12.1 Å². The summed E-state index contributed by atoms with van der Waals surface area (Å²) in [4.78, 5) is 20.3. The summed E-state index contributed by atoms with van der Waals surface area (Å²) >= 11 is 0. The number of carbonyl (C=O) groups is 1. The Labute approximate surface area is 138 Å². The van der Waals surface area contributed by atoms with Crippen molar-refractivity contribution in [2.75, 3.05) is 6.54 Å². The molecule has 3 aromatic rings. The first kappa shape index (κ1) is 15.4. The molecule has 2 N–H and O–H groups in total. The molecule has 0 aliphatic rings. The molecule has 1 amide bonds. The van der Waals surface area contributed by atoms with E-state index >= 15 is 0 Å². The van der Waals surface area contributed by atoms with Crippen LogP contribution < -0.4 is 5.32 Å². The van der Waals surface area contributed by atoms with Crippen LogP contribution in [0.4, 0.5) is 0 Å². The lowest BCUT2D eigenvalue weighted by Crippen LogP contribution is -2.26. The molecule has 0 bridgehead atoms. The Morgan fingerprint density at radius 3 is 2.88 bits per heavy atom. The summed E-state index contributed by atoms with van der Waals surface area (Å²) in [5.41, 5.74) is 1.55. The number of nitrogens with zero attached hydrogens (tertiary/aromatic N) is 4. The first-order valence-electron chi connectivity index (χ1n) is 7.37. The number of amides is 1. The van der Waals surface area contributed by atoms with Crippen molar-refractivity contribution in [3.8, 4) is 17.5 Å². The summed E-state index contributed by atoms with van der Waals surface area (Å²) in [6.07, 6.45) is 1.97. The molecule has 0 spiro atoms. The summed E-state index contributed by atoms with van der Waals surface area (Å²) in [7, 11) is 0. The van der Waals surface area contributed by atoms with Gasteiger partial charge < -0.3 is 5.32 Å². The number of hydrogen-bond acceptors (Lipinski definition) is 5. The highest BCUT2D eigenvalue weighted by molar-refractivity contribution is 5.94. The van der Waals surface area contributed by atoms with Crippen LogP contribution >= 0.6 is 0 Å². The number of nitrogens with one attached hydrogen (secondary N) is 2. The highest BCUT2D eigenvalue weighted by Gasteiger charge is 2.08. The molecule has 2 heterocycles. The minimum absolute atomic E-state index is 0.213. The quantitative estimate of drug-likeness (QED) is 0.744. The summed E-state index contributed by atoms with van der Waals surface area (Å²) in [6.45, 7) is 0.409. The Kier molecular flexibility index (Phi) is 4.58. The van der Waals surface area contributed by atoms with Crippen molar-refractivity contribution in [2.24, 2.45) is 0 Å². The third-order valence-corrected chi connectivity index (χ3v) is 3.35. The van der Waals surface area contributed by atoms with Crippen LogP contribution in [0.5, 0.6) is 0 Å². The third-order valence-electron chi connectivity index (χ3n) is 3.35. The van der Waals surface area contributed by atoms with Gasteiger partial charge >= 0.3 is 0 Å². The van der Waals surface area contributed by atoms with Crippen LogP contribution in [0.1, 0.15) is 21.9 Å². The van der Waals surface area contributed by atoms with Crippen molar-refractivity contribution in [2.45, 2.75) is 6.42 Å². The van der Waals surface area contributed by atoms with Crippen LogP contribution in [0.2, 0.25) is 0 Å². The Balaban J connectivity index is 1.56. The number of rotatable bonds is 5. The highest BCUT2D eigenvalue weighted by atomic mass is 16.1. The van der Waals surface area contributed by atoms with Crippen LogP contribution in [0.3, 0.4) is 0 Å². The van der Waals surface area contributed by atoms with Crippen LogP contribution in [-0.2, 0) is 6.42 Å². The SMILES string of the molecule is N#Cc1cc(C(=O)NCCc2nc(-c3ccccc3)n[nH]2)ccn1. The van der Waals surface area contributed by atoms with E-state index in [9.17, 15) is 4.79 Å². The molecule has 0 aliphatic heterocycles. The van der Waals surface area contributed by atoms with Gasteiger partial charge in [-0.25, -0.2) is 9.97 Å². The molecule has 0 unspecified atom stereocenters. The van der Waals surface area contributed by atoms with Crippen LogP contribution in [-0.4, -0.2) is 32.6 Å². The van der Waals surface area contributed by atoms with Crippen molar-refractivity contribution < 1.29 is 4.79 Å². The number of nitriles is 1. The molecule has 0 saturated heterocycles. The third kappa shape index (κ3) is 3.62. The van der Waals surface area contributed by atoms with Crippen molar-refractivity contribution >= 4 is 5.91 Å². The Morgan fingerprint density at radius 1 is 1.25 bits per heavy atom. The lowest BCUT2D eigenvalue weighted by atomic mass is 10.2. The lowest BCUT2D eigenvalue weighted by molar-refractivity contribution is 0.0954. The van der Waals surface area contributed by atoms with E-state index in [1.807, 2.05) is 36.4 Å². The molecule has 1 aromatic carbocycles. The van der Waals surface area contributed by atoms with Gasteiger partial charge in [0.2, 0.25) is 0 Å². The van der Waals surface area contributed by atoms with Crippen molar-refractivity contribution in [1.82, 2.24) is 25.5 Å². The first-order valence-corrected chi connectivity index (χ1v) is 7.37. The van der Waals surface area contributed by atoms with E-state index in [1.54, 1.807) is 6.07 Å². The summed E-state index contributed by atoms with van der Waals surface area (Å²) in [5, 5.41) is 18.6. The summed E-state index contributed by atoms with van der Waals surface area (Å²) in [5.74, 6) is 1.07. The maximum Gasteiger partial charge on any atom is 0.251 e. The predicted octanol–water partition coefficient (Wildman–Crippen LogP) is 1.71. The molecule has 0 saturated carbocycles. The van der Waals surface area contributed by atoms with Gasteiger partial charge in [0.15, 0.2) is 5.82 Å². The average molecular weight is 318 g/mol. The van der Waals surface area contributed by atoms with Gasteiger partial charge in [0, 0.05) is 30.3 Å². The second-order valence-electron chi connectivity index (χ2n) is 5.02. The second kappa shape index (κ2) is 7.15. The molecule has 7 nitrogen and oxygen atoms in total. The molecular weight excluding hydrogens is 304 g/mol. The standard InChI is InChI=1S/C17H14N6O/c18-11-14-10-13(6-8-19-14)17(24)20-9-7-15-21-16(23-22-15)12-4-2-1-3-5-12/h1-6,8,10H,7,9H2,(H,20,24)(H,21,22,23). The molecule has 7 heteroatoms. The molecule has 0 atom stereocenters. The monoisotopic (exact) mass is 318 g/mol. The Hall–Kier alpha value is -3.53. The van der Waals surface area contributed by atoms with Gasteiger partial charge in [-0.2, -0.15) is 10.4 Å². The van der Waals surface area contributed by atoms with Gasteiger partial charge in [0.1, 0.15) is 17.6 Å². The van der Waals surface area contributed by atoms with Gasteiger partial charge in [-0.15, -0.1) is 0 Å². The zero-order valence-electron chi connectivity index (χ0n) is 12.7. The van der Waals surface area contributed by atoms with E-state index < -0.39 is 0 Å². The maximum absolute atomic E-state index is 12.0. The number of aromatic amines is 1. The van der Waals surface area contributed by atoms with E-state index in [1.165, 1.54) is 12.3 Å². The molecule has 0 aliphatic carbocycles. The van der Waals surface area contributed by atoms with Crippen molar-refractivity contribution in [3.63, 3.8) is 0 Å². The summed E-state index contributed by atoms with van der Waals surface area (Å²) in [6, 6.07) is 14.6. The molecule has 0 fully saturated rings. The zero-order valence-corrected chi connectivity index (χ0v) is 12.7. The minimum atomic E-state index is -0.253. The van der Waals surface area contributed by atoms with Gasteiger partial charge in [0.25, 0.3) is 5.91 Å². The van der Waals surface area contributed by atoms with Gasteiger partial charge in [0.05, 0.1) is 0 Å². The number of carbonyl (C=O) groups excluding carboxylic acids is 1. The fourth-order valence-electron chi connectivity index (χ4n) is 2.15. The fraction of sp³-hybridized carbons (Fsp3) is 0.118. The van der Waals surface area contributed by atoms with Crippen LogP contribution in [0, 0.1) is 11.3 Å². The molecule has 118 valence electrons. The molecule has 24 heavy (non-hydrogen) atoms. The number of pyridine rings is 1. The molecule has 2 aromatic heterocycles. The topological polar surface area (TPSA) is 107 Å². The van der Waals surface area contributed by atoms with Crippen molar-refractivity contribution in [3.05, 3.63) is 65.7 Å². The second-order valence-corrected chi connectivity index (χ2v) is 5.02. The fourth-order valence-corrected chi connectivity index (χ4v) is 2.15. The van der Waals surface area contributed by atoms with E-state index in [0.717, 1.165) is 5.56 Å². The number of hydrogen-bond donors (Lipinski definition) is 2. The number of aromatic nitrogens is 4. The normalized spacial score (nSPS) is 10.1. The molecule has 3 rings (SSSR count). The maximum atomic E-state index is 12.0. The van der Waals surface area contributed by atoms with Crippen LogP contribution in [0.15, 0.2) is 48.7 Å². The lowest BCUT2D eigenvalue weighted by Gasteiger charge is -2.03. The Morgan fingerprint density at radius 2 is 2.08 bits per heavy atom. The van der Waals surface area contributed by atoms with Crippen molar-refractivity contribution in [1.29, 1.82) is 5.26 Å². The average Bonchev–Trinajstić information content (AvgIpc) is 3.11. The number of H-pyrrole nitrogens is 1. The van der Waals surface area contributed by atoms with Crippen LogP contribution in [0.25, 0.3) is 11.4 Å². The van der Waals surface area contributed by atoms with Gasteiger partial charge in [-0.3, -0.25) is 9.89 Å². The largest absolute Gasteiger partial charge is 0.352 e. The Bertz CT molecular complexity index is 881. The molecule has 0 radical (unpaired) electrons. The first-order chi connectivity index (χ1) is 11.8. The summed E-state index contributed by atoms with van der Waals surface area (Å²) < 4.78 is 0. The zero-order chi connectivity index (χ0) is 16.8. The van der Waals surface area contributed by atoms with E-state index in [-0.39, 0.29) is 11.6 Å². The minimum Gasteiger partial charge on any atom is -0.352 e. The highest BCUT2D eigenvalue weighted by Crippen LogP contribution is 2.13. The smallest absolute Gasteiger partial charge is 0.251 e. The van der Waals surface area contributed by atoms with E-state index in [2.05, 4.69) is 25.5 Å². The van der Waals surface area contributed by atoms with E-state index in [0.29, 0.717) is 30.2 Å².